The third-order valence-electron chi connectivity index (χ3n) is 5.51. The van der Waals surface area contributed by atoms with Gasteiger partial charge in [-0.1, -0.05) is 31.5 Å². The topological polar surface area (TPSA) is 118 Å². The quantitative estimate of drug-likeness (QED) is 0.549. The number of aliphatic hydroxyl groups is 1. The number of furan rings is 1. The van der Waals surface area contributed by atoms with Gasteiger partial charge in [0, 0.05) is 31.0 Å². The van der Waals surface area contributed by atoms with E-state index in [1.165, 1.54) is 6.33 Å². The second-order valence-corrected chi connectivity index (χ2v) is 7.71. The Kier molecular flexibility index (Phi) is 5.85. The van der Waals surface area contributed by atoms with Crippen LogP contribution in [0.2, 0.25) is 0 Å². The minimum absolute atomic E-state index is 0.0875. The summed E-state index contributed by atoms with van der Waals surface area (Å²) in [6.45, 7) is 2.93. The number of unbranched alkanes of at least 4 members (excludes halogenated alkanes) is 1. The summed E-state index contributed by atoms with van der Waals surface area (Å²) in [4.78, 5) is 23.3. The summed E-state index contributed by atoms with van der Waals surface area (Å²) in [5.41, 5.74) is 7.11. The van der Waals surface area contributed by atoms with Crippen molar-refractivity contribution in [1.82, 2.24) is 15.3 Å². The van der Waals surface area contributed by atoms with Crippen LogP contribution in [0.5, 0.6) is 0 Å². The number of benzene rings is 1. The number of nitrogen functional groups attached to an aromatic ring is 1. The number of para-hydroxylation sites is 1. The Balaban J connectivity index is 1.53. The third kappa shape index (κ3) is 4.09. The first-order chi connectivity index (χ1) is 14.6. The molecule has 0 radical (unpaired) electrons. The first kappa shape index (κ1) is 20.2. The fourth-order valence-corrected chi connectivity index (χ4v) is 4.04. The molecule has 1 aromatic carbocycles. The lowest BCUT2D eigenvalue weighted by molar-refractivity contribution is 0.0949. The van der Waals surface area contributed by atoms with E-state index in [0.717, 1.165) is 36.0 Å². The van der Waals surface area contributed by atoms with Crippen LogP contribution in [-0.2, 0) is 6.42 Å². The predicted octanol–water partition coefficient (Wildman–Crippen LogP) is 2.52. The normalized spacial score (nSPS) is 18.8. The van der Waals surface area contributed by atoms with Crippen molar-refractivity contribution in [3.05, 3.63) is 48.0 Å². The van der Waals surface area contributed by atoms with Crippen LogP contribution >= 0.6 is 0 Å². The molecule has 0 saturated carbocycles. The second kappa shape index (κ2) is 8.71. The number of amides is 1. The van der Waals surface area contributed by atoms with E-state index in [9.17, 15) is 9.90 Å². The summed E-state index contributed by atoms with van der Waals surface area (Å²) < 4.78 is 5.97. The number of nitrogens with one attached hydrogen (secondary N) is 1. The van der Waals surface area contributed by atoms with Gasteiger partial charge in [-0.3, -0.25) is 4.79 Å². The Morgan fingerprint density at radius 1 is 1.37 bits per heavy atom. The molecule has 1 saturated heterocycles. The molecule has 0 aliphatic carbocycles. The van der Waals surface area contributed by atoms with Gasteiger partial charge in [0.15, 0.2) is 0 Å². The maximum Gasteiger partial charge on any atom is 0.255 e. The van der Waals surface area contributed by atoms with Crippen LogP contribution in [0.1, 0.15) is 42.3 Å². The predicted molar refractivity (Wildman–Crippen MR) is 115 cm³/mol. The summed E-state index contributed by atoms with van der Waals surface area (Å²) in [5.74, 6) is 1.59. The molecular formula is C22H27N5O3. The largest absolute Gasteiger partial charge is 0.460 e. The fourth-order valence-electron chi connectivity index (χ4n) is 4.04. The van der Waals surface area contributed by atoms with Crippen molar-refractivity contribution in [2.75, 3.05) is 23.7 Å². The lowest BCUT2D eigenvalue weighted by Gasteiger charge is -2.25. The van der Waals surface area contributed by atoms with Gasteiger partial charge in [0.2, 0.25) is 0 Å². The Bertz CT molecular complexity index is 1030. The zero-order valence-electron chi connectivity index (χ0n) is 17.0. The summed E-state index contributed by atoms with van der Waals surface area (Å²) in [6.07, 6.45) is 4.16. The number of nitrogens with zero attached hydrogens (tertiary/aromatic N) is 3. The Morgan fingerprint density at radius 2 is 2.20 bits per heavy atom. The maximum atomic E-state index is 13.1. The average molecular weight is 409 g/mol. The Hall–Kier alpha value is -3.13. The monoisotopic (exact) mass is 409 g/mol. The van der Waals surface area contributed by atoms with Gasteiger partial charge < -0.3 is 25.5 Å². The molecule has 30 heavy (non-hydrogen) atoms. The third-order valence-corrected chi connectivity index (χ3v) is 5.51. The zero-order chi connectivity index (χ0) is 21.1. The molecule has 8 heteroatoms. The number of carbonyl (C=O) groups excluding carboxylic acids is 1. The van der Waals surface area contributed by atoms with Gasteiger partial charge in [0.05, 0.1) is 17.7 Å². The lowest BCUT2D eigenvalue weighted by Crippen LogP contribution is -2.40. The minimum atomic E-state index is -0.488. The zero-order valence-corrected chi connectivity index (χ0v) is 17.0. The molecule has 0 bridgehead atoms. The van der Waals surface area contributed by atoms with Crippen LogP contribution in [-0.4, -0.2) is 46.2 Å². The molecule has 1 aliphatic heterocycles. The van der Waals surface area contributed by atoms with Crippen molar-refractivity contribution >= 4 is 28.5 Å². The van der Waals surface area contributed by atoms with E-state index in [1.54, 1.807) is 6.07 Å². The number of aliphatic hydroxyl groups excluding tert-OH is 1. The number of fused-ring (bicyclic) bond motifs is 1. The van der Waals surface area contributed by atoms with Gasteiger partial charge in [-0.05, 0) is 18.9 Å². The number of carbonyl (C=O) groups is 1. The smallest absolute Gasteiger partial charge is 0.255 e. The molecule has 0 spiro atoms. The van der Waals surface area contributed by atoms with E-state index < -0.39 is 6.10 Å². The molecule has 1 amide bonds. The van der Waals surface area contributed by atoms with Crippen LogP contribution in [0, 0.1) is 0 Å². The molecule has 4 rings (SSSR count). The lowest BCUT2D eigenvalue weighted by atomic mass is 10.1. The van der Waals surface area contributed by atoms with Crippen LogP contribution in [0.25, 0.3) is 11.0 Å². The van der Waals surface area contributed by atoms with E-state index in [1.807, 2.05) is 29.2 Å². The summed E-state index contributed by atoms with van der Waals surface area (Å²) in [7, 11) is 0. The Morgan fingerprint density at radius 3 is 3.00 bits per heavy atom. The average Bonchev–Trinajstić information content (AvgIpc) is 3.30. The van der Waals surface area contributed by atoms with Crippen molar-refractivity contribution in [1.29, 1.82) is 0 Å². The van der Waals surface area contributed by atoms with Crippen LogP contribution in [0.4, 0.5) is 11.6 Å². The molecule has 0 unspecified atom stereocenters. The molecule has 2 aromatic heterocycles. The van der Waals surface area contributed by atoms with E-state index in [0.29, 0.717) is 36.7 Å². The molecule has 8 nitrogen and oxygen atoms in total. The van der Waals surface area contributed by atoms with Crippen molar-refractivity contribution in [3.8, 4) is 0 Å². The SMILES string of the molecule is CCCCc1oc2ccccc2c1C(=O)NC[C@H]1C[C@@H](O)CN1c1cc(N)ncn1. The van der Waals surface area contributed by atoms with Crippen LogP contribution in [0.15, 0.2) is 41.1 Å². The Labute approximate surface area is 175 Å². The summed E-state index contributed by atoms with van der Waals surface area (Å²) in [5, 5.41) is 14.1. The van der Waals surface area contributed by atoms with Crippen molar-refractivity contribution in [2.45, 2.75) is 44.8 Å². The summed E-state index contributed by atoms with van der Waals surface area (Å²) >= 11 is 0. The fraction of sp³-hybridized carbons (Fsp3) is 0.409. The molecule has 158 valence electrons. The number of anilines is 2. The van der Waals surface area contributed by atoms with E-state index >= 15 is 0 Å². The number of nitrogens with two attached hydrogens (primary N) is 1. The molecular weight excluding hydrogens is 382 g/mol. The van der Waals surface area contributed by atoms with E-state index in [-0.39, 0.29) is 11.9 Å². The van der Waals surface area contributed by atoms with Crippen LogP contribution in [0.3, 0.4) is 0 Å². The standard InChI is InChI=1S/C22H27N5O3/c1-2-3-7-18-21(16-6-4-5-8-17(16)30-18)22(29)24-11-14-9-15(28)12-27(14)20-10-19(23)25-13-26-20/h4-6,8,10,13-15,28H,2-3,7,9,11-12H2,1H3,(H,24,29)(H2,23,25,26)/t14-,15-/m1/s1. The number of hydrogen-bond donors (Lipinski definition) is 3. The van der Waals surface area contributed by atoms with Gasteiger partial charge in [0.1, 0.15) is 29.3 Å². The molecule has 3 aromatic rings. The molecule has 4 N–H and O–H groups in total. The maximum absolute atomic E-state index is 13.1. The van der Waals surface area contributed by atoms with E-state index in [2.05, 4.69) is 22.2 Å². The van der Waals surface area contributed by atoms with Crippen molar-refractivity contribution in [3.63, 3.8) is 0 Å². The first-order valence-corrected chi connectivity index (χ1v) is 10.4. The second-order valence-electron chi connectivity index (χ2n) is 7.71. The highest BCUT2D eigenvalue weighted by molar-refractivity contribution is 6.07. The van der Waals surface area contributed by atoms with Gasteiger partial charge in [0.25, 0.3) is 5.91 Å². The molecule has 1 aliphatic rings. The van der Waals surface area contributed by atoms with Crippen molar-refractivity contribution < 1.29 is 14.3 Å². The highest BCUT2D eigenvalue weighted by Crippen LogP contribution is 2.28. The van der Waals surface area contributed by atoms with E-state index in [4.69, 9.17) is 10.2 Å². The number of rotatable bonds is 7. The molecule has 3 heterocycles. The summed E-state index contributed by atoms with van der Waals surface area (Å²) in [6, 6.07) is 9.21. The van der Waals surface area contributed by atoms with Gasteiger partial charge in [-0.15, -0.1) is 0 Å². The molecule has 2 atom stereocenters. The van der Waals surface area contributed by atoms with Crippen LogP contribution < -0.4 is 16.0 Å². The number of β-amino-alcohol motifs (C(OH)–C–C–N with tert-alkyl or cyclic N) is 1. The van der Waals surface area contributed by atoms with Gasteiger partial charge in [-0.2, -0.15) is 0 Å². The number of aromatic nitrogens is 2. The minimum Gasteiger partial charge on any atom is -0.460 e. The van der Waals surface area contributed by atoms with Crippen molar-refractivity contribution in [2.24, 2.45) is 0 Å². The number of hydrogen-bond acceptors (Lipinski definition) is 7. The van der Waals surface area contributed by atoms with Gasteiger partial charge in [-0.25, -0.2) is 9.97 Å². The molecule has 1 fully saturated rings. The highest BCUT2D eigenvalue weighted by atomic mass is 16.3. The highest BCUT2D eigenvalue weighted by Gasteiger charge is 2.32. The number of aryl methyl sites for hydroxylation is 1. The first-order valence-electron chi connectivity index (χ1n) is 10.4. The van der Waals surface area contributed by atoms with Gasteiger partial charge >= 0.3 is 0 Å².